The highest BCUT2D eigenvalue weighted by molar-refractivity contribution is 5.56. The first-order chi connectivity index (χ1) is 6.13. The summed E-state index contributed by atoms with van der Waals surface area (Å²) in [7, 11) is 1.45. The number of aromatic hydroxyl groups is 1. The highest BCUT2D eigenvalue weighted by Gasteiger charge is 2.00. The minimum Gasteiger partial charge on any atom is -0.504 e. The van der Waals surface area contributed by atoms with Crippen LogP contribution in [0.15, 0.2) is 24.0 Å². The van der Waals surface area contributed by atoms with E-state index in [0.717, 1.165) is 0 Å². The average Bonchev–Trinajstić information content (AvgIpc) is 2.07. The molecule has 0 saturated carbocycles. The zero-order chi connectivity index (χ0) is 9.84. The number of allylic oxidation sites excluding steroid dienone is 1. The standard InChI is InChI=1S/C10H11FO2/c1-7(11)5-8-3-4-9(12)10(6-8)13-2/h3-6,12H,1-2H3. The third-order valence-corrected chi connectivity index (χ3v) is 1.57. The lowest BCUT2D eigenvalue weighted by Crippen LogP contribution is -1.84. The van der Waals surface area contributed by atoms with Crippen LogP contribution in [0.3, 0.4) is 0 Å². The molecule has 1 rings (SSSR count). The Kier molecular flexibility index (Phi) is 2.90. The van der Waals surface area contributed by atoms with Crippen molar-refractivity contribution in [3.63, 3.8) is 0 Å². The number of methoxy groups -OCH3 is 1. The third kappa shape index (κ3) is 2.47. The van der Waals surface area contributed by atoms with E-state index in [2.05, 4.69) is 0 Å². The van der Waals surface area contributed by atoms with Crippen molar-refractivity contribution in [2.24, 2.45) is 0 Å². The van der Waals surface area contributed by atoms with Gasteiger partial charge in [0.25, 0.3) is 0 Å². The van der Waals surface area contributed by atoms with Crippen molar-refractivity contribution in [1.82, 2.24) is 0 Å². The second-order valence-corrected chi connectivity index (χ2v) is 2.66. The van der Waals surface area contributed by atoms with Crippen LogP contribution in [0.5, 0.6) is 11.5 Å². The van der Waals surface area contributed by atoms with Gasteiger partial charge in [0.2, 0.25) is 0 Å². The van der Waals surface area contributed by atoms with Gasteiger partial charge in [0.1, 0.15) is 0 Å². The van der Waals surface area contributed by atoms with Crippen LogP contribution in [0.4, 0.5) is 4.39 Å². The Morgan fingerprint density at radius 1 is 1.54 bits per heavy atom. The van der Waals surface area contributed by atoms with Crippen LogP contribution in [0.2, 0.25) is 0 Å². The smallest absolute Gasteiger partial charge is 0.161 e. The van der Waals surface area contributed by atoms with Crippen LogP contribution in [0, 0.1) is 0 Å². The van der Waals surface area contributed by atoms with Crippen molar-refractivity contribution in [3.05, 3.63) is 29.6 Å². The van der Waals surface area contributed by atoms with Gasteiger partial charge in [-0.05, 0) is 30.7 Å². The molecule has 2 nitrogen and oxygen atoms in total. The van der Waals surface area contributed by atoms with E-state index in [1.165, 1.54) is 26.2 Å². The molecule has 0 spiro atoms. The van der Waals surface area contributed by atoms with Crippen LogP contribution in [-0.4, -0.2) is 12.2 Å². The molecule has 0 aliphatic heterocycles. The van der Waals surface area contributed by atoms with Crippen molar-refractivity contribution < 1.29 is 14.2 Å². The van der Waals surface area contributed by atoms with Crippen LogP contribution in [0.1, 0.15) is 12.5 Å². The van der Waals surface area contributed by atoms with Crippen LogP contribution >= 0.6 is 0 Å². The molecular formula is C10H11FO2. The molecule has 13 heavy (non-hydrogen) atoms. The zero-order valence-corrected chi connectivity index (χ0v) is 7.54. The predicted octanol–water partition coefficient (Wildman–Crippen LogP) is 2.73. The van der Waals surface area contributed by atoms with Crippen molar-refractivity contribution in [2.45, 2.75) is 6.92 Å². The molecular weight excluding hydrogens is 171 g/mol. The molecule has 1 aromatic carbocycles. The van der Waals surface area contributed by atoms with Gasteiger partial charge < -0.3 is 9.84 Å². The fourth-order valence-electron chi connectivity index (χ4n) is 1.01. The minimum absolute atomic E-state index is 0.0520. The Morgan fingerprint density at radius 3 is 2.77 bits per heavy atom. The molecule has 0 bridgehead atoms. The molecule has 70 valence electrons. The second-order valence-electron chi connectivity index (χ2n) is 2.66. The molecule has 0 radical (unpaired) electrons. The number of hydrogen-bond acceptors (Lipinski definition) is 2. The van der Waals surface area contributed by atoms with E-state index in [9.17, 15) is 9.50 Å². The molecule has 0 aliphatic rings. The summed E-state index contributed by atoms with van der Waals surface area (Å²) in [5.74, 6) is 0.110. The topological polar surface area (TPSA) is 29.5 Å². The van der Waals surface area contributed by atoms with Crippen molar-refractivity contribution in [2.75, 3.05) is 7.11 Å². The molecule has 0 heterocycles. The van der Waals surface area contributed by atoms with E-state index in [1.807, 2.05) is 0 Å². The SMILES string of the molecule is COc1cc(C=C(C)F)ccc1O. The number of rotatable bonds is 2. The number of halogens is 1. The lowest BCUT2D eigenvalue weighted by atomic mass is 10.2. The number of phenols is 1. The number of phenolic OH excluding ortho intramolecular Hbond substituents is 1. The van der Waals surface area contributed by atoms with Gasteiger partial charge in [-0.2, -0.15) is 0 Å². The normalized spacial score (nSPS) is 11.5. The Labute approximate surface area is 76.3 Å². The van der Waals surface area contributed by atoms with Crippen molar-refractivity contribution in [3.8, 4) is 11.5 Å². The van der Waals surface area contributed by atoms with Crippen molar-refractivity contribution >= 4 is 6.08 Å². The fourth-order valence-corrected chi connectivity index (χ4v) is 1.01. The Hall–Kier alpha value is -1.51. The molecule has 1 aromatic rings. The molecule has 0 saturated heterocycles. The number of ether oxygens (including phenoxy) is 1. The van der Waals surface area contributed by atoms with Gasteiger partial charge in [-0.1, -0.05) is 6.07 Å². The molecule has 0 aromatic heterocycles. The van der Waals surface area contributed by atoms with Gasteiger partial charge in [0, 0.05) is 0 Å². The van der Waals surface area contributed by atoms with E-state index in [-0.39, 0.29) is 11.6 Å². The summed E-state index contributed by atoms with van der Waals surface area (Å²) in [5.41, 5.74) is 0.662. The van der Waals surface area contributed by atoms with Gasteiger partial charge in [-0.3, -0.25) is 0 Å². The fraction of sp³-hybridized carbons (Fsp3) is 0.200. The largest absolute Gasteiger partial charge is 0.504 e. The predicted molar refractivity (Wildman–Crippen MR) is 49.4 cm³/mol. The first-order valence-electron chi connectivity index (χ1n) is 3.84. The summed E-state index contributed by atoms with van der Waals surface area (Å²) in [4.78, 5) is 0. The third-order valence-electron chi connectivity index (χ3n) is 1.57. The van der Waals surface area contributed by atoms with E-state index >= 15 is 0 Å². The van der Waals surface area contributed by atoms with Gasteiger partial charge in [-0.25, -0.2) is 4.39 Å². The maximum Gasteiger partial charge on any atom is 0.161 e. The average molecular weight is 182 g/mol. The van der Waals surface area contributed by atoms with Gasteiger partial charge in [-0.15, -0.1) is 0 Å². The summed E-state index contributed by atoms with van der Waals surface area (Å²) in [6.07, 6.45) is 1.36. The lowest BCUT2D eigenvalue weighted by molar-refractivity contribution is 0.373. The lowest BCUT2D eigenvalue weighted by Gasteiger charge is -2.03. The highest BCUT2D eigenvalue weighted by atomic mass is 19.1. The molecule has 1 N–H and O–H groups in total. The van der Waals surface area contributed by atoms with Gasteiger partial charge in [0.15, 0.2) is 11.5 Å². The minimum atomic E-state index is -0.284. The first kappa shape index (κ1) is 9.58. The maximum atomic E-state index is 12.5. The molecule has 0 aliphatic carbocycles. The first-order valence-corrected chi connectivity index (χ1v) is 3.84. The van der Waals surface area contributed by atoms with Gasteiger partial charge >= 0.3 is 0 Å². The number of benzene rings is 1. The number of hydrogen-bond donors (Lipinski definition) is 1. The molecule has 0 unspecified atom stereocenters. The summed E-state index contributed by atoms with van der Waals surface area (Å²) in [6, 6.07) is 4.65. The van der Waals surface area contributed by atoms with E-state index in [4.69, 9.17) is 4.74 Å². The summed E-state index contributed by atoms with van der Waals surface area (Å²) >= 11 is 0. The molecule has 0 fully saturated rings. The van der Waals surface area contributed by atoms with Crippen molar-refractivity contribution in [1.29, 1.82) is 0 Å². The second kappa shape index (κ2) is 3.94. The van der Waals surface area contributed by atoms with Crippen LogP contribution < -0.4 is 4.74 Å². The molecule has 0 atom stereocenters. The monoisotopic (exact) mass is 182 g/mol. The van der Waals surface area contributed by atoms with Gasteiger partial charge in [0.05, 0.1) is 12.9 Å². The van der Waals surface area contributed by atoms with E-state index in [0.29, 0.717) is 11.3 Å². The summed E-state index contributed by atoms with van der Waals surface area (Å²) in [6.45, 7) is 1.36. The summed E-state index contributed by atoms with van der Waals surface area (Å²) < 4.78 is 17.3. The maximum absolute atomic E-state index is 12.5. The Balaban J connectivity index is 3.06. The Morgan fingerprint density at radius 2 is 2.23 bits per heavy atom. The van der Waals surface area contributed by atoms with E-state index in [1.54, 1.807) is 12.1 Å². The molecule has 0 amide bonds. The van der Waals surface area contributed by atoms with Crippen LogP contribution in [0.25, 0.3) is 6.08 Å². The highest BCUT2D eigenvalue weighted by Crippen LogP contribution is 2.27. The van der Waals surface area contributed by atoms with E-state index < -0.39 is 0 Å². The summed E-state index contributed by atoms with van der Waals surface area (Å²) in [5, 5.41) is 9.23. The Bertz CT molecular complexity index is 328. The zero-order valence-electron chi connectivity index (χ0n) is 7.54. The van der Waals surface area contributed by atoms with Crippen LogP contribution in [-0.2, 0) is 0 Å². The molecule has 3 heteroatoms. The quantitative estimate of drug-likeness (QED) is 0.762.